The summed E-state index contributed by atoms with van der Waals surface area (Å²) in [6.07, 6.45) is 7.12. The van der Waals surface area contributed by atoms with E-state index in [1.807, 2.05) is 42.5 Å². The van der Waals surface area contributed by atoms with Gasteiger partial charge in [-0.3, -0.25) is 0 Å². The van der Waals surface area contributed by atoms with Crippen LogP contribution in [-0.4, -0.2) is 6.10 Å². The number of benzene rings is 1. The van der Waals surface area contributed by atoms with E-state index in [0.29, 0.717) is 0 Å². The van der Waals surface area contributed by atoms with E-state index < -0.39 is 0 Å². The molecule has 1 aromatic rings. The van der Waals surface area contributed by atoms with E-state index in [1.165, 1.54) is 0 Å². The Morgan fingerprint density at radius 2 is 2.00 bits per heavy atom. The highest BCUT2D eigenvalue weighted by molar-refractivity contribution is 7.84. The molecule has 0 heterocycles. The van der Waals surface area contributed by atoms with Crippen molar-refractivity contribution < 1.29 is 4.74 Å². The molecule has 1 aromatic carbocycles. The van der Waals surface area contributed by atoms with Crippen LogP contribution >= 0.6 is 12.6 Å². The van der Waals surface area contributed by atoms with Gasteiger partial charge < -0.3 is 4.74 Å². The molecule has 0 aromatic heterocycles. The SMILES string of the molecule is SC1=CCC(Oc2ccccc2)C=C1. The maximum absolute atomic E-state index is 5.74. The van der Waals surface area contributed by atoms with E-state index in [2.05, 4.69) is 18.7 Å². The smallest absolute Gasteiger partial charge is 0.121 e. The van der Waals surface area contributed by atoms with Gasteiger partial charge in [-0.05, 0) is 29.2 Å². The zero-order valence-electron chi connectivity index (χ0n) is 7.76. The lowest BCUT2D eigenvalue weighted by molar-refractivity contribution is 0.251. The fourth-order valence-corrected chi connectivity index (χ4v) is 1.54. The second-order valence-corrected chi connectivity index (χ2v) is 3.71. The van der Waals surface area contributed by atoms with E-state index in [1.54, 1.807) is 0 Å². The standard InChI is InChI=1S/C12H12OS/c14-12-8-6-11(7-9-12)13-10-4-2-1-3-5-10/h1-6,8-9,11,14H,7H2. The average molecular weight is 204 g/mol. The highest BCUT2D eigenvalue weighted by Gasteiger charge is 2.08. The molecule has 0 amide bonds. The largest absolute Gasteiger partial charge is 0.486 e. The Morgan fingerprint density at radius 1 is 1.21 bits per heavy atom. The number of para-hydroxylation sites is 1. The molecular weight excluding hydrogens is 192 g/mol. The van der Waals surface area contributed by atoms with Crippen LogP contribution in [0.2, 0.25) is 0 Å². The normalized spacial score (nSPS) is 20.4. The summed E-state index contributed by atoms with van der Waals surface area (Å²) in [5.74, 6) is 0.915. The van der Waals surface area contributed by atoms with Crippen molar-refractivity contribution >= 4 is 12.6 Å². The van der Waals surface area contributed by atoms with Crippen molar-refractivity contribution in [1.82, 2.24) is 0 Å². The Labute approximate surface area is 89.5 Å². The van der Waals surface area contributed by atoms with Crippen molar-refractivity contribution in [1.29, 1.82) is 0 Å². The molecule has 0 aliphatic heterocycles. The monoisotopic (exact) mass is 204 g/mol. The third-order valence-corrected chi connectivity index (χ3v) is 2.40. The van der Waals surface area contributed by atoms with E-state index in [-0.39, 0.29) is 6.10 Å². The molecule has 2 rings (SSSR count). The summed E-state index contributed by atoms with van der Waals surface area (Å²) in [7, 11) is 0. The number of rotatable bonds is 2. The summed E-state index contributed by atoms with van der Waals surface area (Å²) in [4.78, 5) is 1.01. The molecule has 1 nitrogen and oxygen atoms in total. The van der Waals surface area contributed by atoms with Gasteiger partial charge in [0.05, 0.1) is 0 Å². The fourth-order valence-electron chi connectivity index (χ4n) is 1.35. The zero-order valence-corrected chi connectivity index (χ0v) is 8.65. The Kier molecular flexibility index (Phi) is 2.94. The van der Waals surface area contributed by atoms with E-state index in [4.69, 9.17) is 4.74 Å². The fraction of sp³-hybridized carbons (Fsp3) is 0.167. The maximum Gasteiger partial charge on any atom is 0.121 e. The van der Waals surface area contributed by atoms with Crippen LogP contribution in [0, 0.1) is 0 Å². The van der Waals surface area contributed by atoms with E-state index in [9.17, 15) is 0 Å². The molecule has 0 radical (unpaired) electrons. The van der Waals surface area contributed by atoms with Crippen molar-refractivity contribution in [2.75, 3.05) is 0 Å². The van der Waals surface area contributed by atoms with Crippen molar-refractivity contribution in [3.63, 3.8) is 0 Å². The Balaban J connectivity index is 1.98. The first-order chi connectivity index (χ1) is 6.84. The maximum atomic E-state index is 5.74. The number of thiol groups is 1. The van der Waals surface area contributed by atoms with Crippen molar-refractivity contribution in [3.05, 3.63) is 53.5 Å². The van der Waals surface area contributed by atoms with Gasteiger partial charge in [0, 0.05) is 6.42 Å². The van der Waals surface area contributed by atoms with Crippen molar-refractivity contribution in [3.8, 4) is 5.75 Å². The van der Waals surface area contributed by atoms with Gasteiger partial charge in [-0.25, -0.2) is 0 Å². The number of ether oxygens (including phenoxy) is 1. The molecule has 1 unspecified atom stereocenters. The molecular formula is C12H12OS. The average Bonchev–Trinajstić information content (AvgIpc) is 2.23. The quantitative estimate of drug-likeness (QED) is 0.728. The van der Waals surface area contributed by atoms with Crippen LogP contribution in [0.3, 0.4) is 0 Å². The summed E-state index contributed by atoms with van der Waals surface area (Å²) in [6, 6.07) is 9.86. The van der Waals surface area contributed by atoms with E-state index in [0.717, 1.165) is 17.1 Å². The van der Waals surface area contributed by atoms with Gasteiger partial charge in [0.2, 0.25) is 0 Å². The Hall–Kier alpha value is -1.15. The van der Waals surface area contributed by atoms with Gasteiger partial charge in [-0.1, -0.05) is 24.3 Å². The van der Waals surface area contributed by atoms with Crippen LogP contribution in [0.1, 0.15) is 6.42 Å². The van der Waals surface area contributed by atoms with Crippen LogP contribution in [0.4, 0.5) is 0 Å². The summed E-state index contributed by atoms with van der Waals surface area (Å²) in [5.41, 5.74) is 0. The van der Waals surface area contributed by atoms with Crippen molar-refractivity contribution in [2.24, 2.45) is 0 Å². The molecule has 72 valence electrons. The molecule has 0 N–H and O–H groups in total. The highest BCUT2D eigenvalue weighted by Crippen LogP contribution is 2.18. The van der Waals surface area contributed by atoms with Crippen LogP contribution in [0.25, 0.3) is 0 Å². The molecule has 0 saturated carbocycles. The molecule has 14 heavy (non-hydrogen) atoms. The van der Waals surface area contributed by atoms with E-state index >= 15 is 0 Å². The number of hydrogen-bond acceptors (Lipinski definition) is 2. The van der Waals surface area contributed by atoms with Crippen LogP contribution in [0.5, 0.6) is 5.75 Å². The van der Waals surface area contributed by atoms with Gasteiger partial charge in [-0.2, -0.15) is 0 Å². The van der Waals surface area contributed by atoms with Gasteiger partial charge in [0.1, 0.15) is 11.9 Å². The second kappa shape index (κ2) is 4.38. The predicted octanol–water partition coefficient (Wildman–Crippen LogP) is 3.21. The topological polar surface area (TPSA) is 9.23 Å². The molecule has 0 fully saturated rings. The third kappa shape index (κ3) is 2.42. The minimum Gasteiger partial charge on any atom is -0.486 e. The molecule has 2 heteroatoms. The molecule has 1 aliphatic rings. The van der Waals surface area contributed by atoms with Crippen LogP contribution < -0.4 is 4.74 Å². The van der Waals surface area contributed by atoms with Crippen LogP contribution in [0.15, 0.2) is 53.5 Å². The summed E-state index contributed by atoms with van der Waals surface area (Å²) in [6.45, 7) is 0. The van der Waals surface area contributed by atoms with Crippen LogP contribution in [-0.2, 0) is 0 Å². The van der Waals surface area contributed by atoms with Gasteiger partial charge in [-0.15, -0.1) is 12.6 Å². The first kappa shape index (κ1) is 9.41. The Bertz CT molecular complexity index is 354. The van der Waals surface area contributed by atoms with Crippen molar-refractivity contribution in [2.45, 2.75) is 12.5 Å². The Morgan fingerprint density at radius 3 is 2.64 bits per heavy atom. The molecule has 1 atom stereocenters. The first-order valence-electron chi connectivity index (χ1n) is 4.63. The lowest BCUT2D eigenvalue weighted by Gasteiger charge is -2.16. The van der Waals surface area contributed by atoms with Gasteiger partial charge in [0.25, 0.3) is 0 Å². The minimum atomic E-state index is 0.147. The second-order valence-electron chi connectivity index (χ2n) is 3.19. The summed E-state index contributed by atoms with van der Waals surface area (Å²) >= 11 is 4.25. The number of hydrogen-bond donors (Lipinski definition) is 1. The van der Waals surface area contributed by atoms with Gasteiger partial charge >= 0.3 is 0 Å². The first-order valence-corrected chi connectivity index (χ1v) is 5.08. The van der Waals surface area contributed by atoms with Gasteiger partial charge in [0.15, 0.2) is 0 Å². The summed E-state index contributed by atoms with van der Waals surface area (Å²) < 4.78 is 5.74. The molecule has 0 bridgehead atoms. The summed E-state index contributed by atoms with van der Waals surface area (Å²) in [5, 5.41) is 0. The zero-order chi connectivity index (χ0) is 9.80. The molecule has 1 aliphatic carbocycles. The predicted molar refractivity (Wildman–Crippen MR) is 61.7 cm³/mol. The lowest BCUT2D eigenvalue weighted by Crippen LogP contribution is -2.14. The lowest BCUT2D eigenvalue weighted by atomic mass is 10.1. The third-order valence-electron chi connectivity index (χ3n) is 2.07. The molecule has 0 saturated heterocycles. The number of allylic oxidation sites excluding steroid dienone is 1. The minimum absolute atomic E-state index is 0.147. The highest BCUT2D eigenvalue weighted by atomic mass is 32.1. The molecule has 0 spiro atoms.